The molecule has 1 amide bonds. The number of amides is 1. The van der Waals surface area contributed by atoms with E-state index in [0.29, 0.717) is 44.2 Å². The van der Waals surface area contributed by atoms with E-state index in [9.17, 15) is 18.8 Å². The van der Waals surface area contributed by atoms with Crippen LogP contribution in [0.4, 0.5) is 20.4 Å². The summed E-state index contributed by atoms with van der Waals surface area (Å²) in [7, 11) is 0. The zero-order valence-electron chi connectivity index (χ0n) is 24.1. The maximum Gasteiger partial charge on any atom is 0.231 e. The highest BCUT2D eigenvalue weighted by Crippen LogP contribution is 2.38. The number of aryl methyl sites for hydroxylation is 1. The van der Waals surface area contributed by atoms with Crippen molar-refractivity contribution in [3.8, 4) is 6.19 Å². The fourth-order valence-corrected chi connectivity index (χ4v) is 5.83. The topological polar surface area (TPSA) is 80.4 Å². The number of piperazine rings is 1. The van der Waals surface area contributed by atoms with Crippen molar-refractivity contribution < 1.29 is 13.6 Å². The number of benzene rings is 2. The second-order valence-corrected chi connectivity index (χ2v) is 12.0. The maximum absolute atomic E-state index is 14.9. The molecule has 2 atom stereocenters. The van der Waals surface area contributed by atoms with Crippen molar-refractivity contribution in [1.29, 1.82) is 5.26 Å². The van der Waals surface area contributed by atoms with Crippen LogP contribution in [0.15, 0.2) is 48.8 Å². The molecule has 41 heavy (non-hydrogen) atoms. The summed E-state index contributed by atoms with van der Waals surface area (Å²) < 4.78 is 30.5. The first-order valence-electron chi connectivity index (χ1n) is 14.0. The molecule has 0 bridgehead atoms. The van der Waals surface area contributed by atoms with Crippen LogP contribution >= 0.6 is 0 Å². The number of carbonyl (C=O) groups is 1. The molecule has 1 N–H and O–H groups in total. The zero-order chi connectivity index (χ0) is 29.3. The van der Waals surface area contributed by atoms with E-state index in [1.54, 1.807) is 11.1 Å². The van der Waals surface area contributed by atoms with Crippen molar-refractivity contribution >= 4 is 17.5 Å². The number of nitrogens with one attached hydrogen (secondary N) is 1. The van der Waals surface area contributed by atoms with Crippen LogP contribution in [-0.4, -0.2) is 70.1 Å². The monoisotopic (exact) mass is 561 g/mol. The molecule has 0 unspecified atom stereocenters. The summed E-state index contributed by atoms with van der Waals surface area (Å²) in [6.45, 7) is 12.6. The Morgan fingerprint density at radius 3 is 2.54 bits per heavy atom. The van der Waals surface area contributed by atoms with Gasteiger partial charge in [0.1, 0.15) is 11.6 Å². The highest BCUT2D eigenvalue weighted by molar-refractivity contribution is 5.92. The van der Waals surface area contributed by atoms with Crippen LogP contribution in [-0.2, 0) is 11.3 Å². The number of imidazole rings is 1. The summed E-state index contributed by atoms with van der Waals surface area (Å²) in [5, 5.41) is 12.2. The molecular formula is C31H37F2N7O. The molecule has 0 aliphatic carbocycles. The number of rotatable bonds is 6. The third kappa shape index (κ3) is 6.20. The Labute approximate surface area is 240 Å². The molecular weight excluding hydrogens is 524 g/mol. The van der Waals surface area contributed by atoms with Crippen molar-refractivity contribution in [1.82, 2.24) is 19.4 Å². The summed E-state index contributed by atoms with van der Waals surface area (Å²) in [6, 6.07) is 9.92. The van der Waals surface area contributed by atoms with Crippen LogP contribution in [0.1, 0.15) is 43.4 Å². The number of hydrogen-bond acceptors (Lipinski definition) is 6. The van der Waals surface area contributed by atoms with Gasteiger partial charge in [0.15, 0.2) is 6.19 Å². The highest BCUT2D eigenvalue weighted by atomic mass is 19.1. The molecule has 3 aromatic rings. The SMILES string of the molecule is Cc1ccc(Cn2ccnc2NC(=O)[C@@H]2CN(C(C)(C)C)C[C@H]2c2ccc(F)cc2F)c(N2CCN(C#N)CC2)c1. The minimum atomic E-state index is -0.637. The van der Waals surface area contributed by atoms with Crippen LogP contribution < -0.4 is 10.2 Å². The average Bonchev–Trinajstić information content (AvgIpc) is 3.57. The number of likely N-dealkylation sites (tertiary alicyclic amines) is 1. The first-order valence-corrected chi connectivity index (χ1v) is 14.0. The van der Waals surface area contributed by atoms with Crippen molar-refractivity contribution in [2.45, 2.75) is 45.7 Å². The molecule has 216 valence electrons. The Balaban J connectivity index is 1.37. The molecule has 8 nitrogen and oxygen atoms in total. The predicted molar refractivity (Wildman–Crippen MR) is 154 cm³/mol. The van der Waals surface area contributed by atoms with E-state index in [-0.39, 0.29) is 11.4 Å². The van der Waals surface area contributed by atoms with Crippen LogP contribution in [0.3, 0.4) is 0 Å². The first kappa shape index (κ1) is 28.6. The van der Waals surface area contributed by atoms with Gasteiger partial charge in [-0.25, -0.2) is 13.8 Å². The smallest absolute Gasteiger partial charge is 0.231 e. The second kappa shape index (κ2) is 11.5. The van der Waals surface area contributed by atoms with E-state index in [1.807, 2.05) is 10.8 Å². The van der Waals surface area contributed by atoms with Gasteiger partial charge in [-0.3, -0.25) is 15.0 Å². The normalized spacial score (nSPS) is 19.8. The zero-order valence-corrected chi connectivity index (χ0v) is 24.1. The molecule has 2 aromatic carbocycles. The molecule has 0 spiro atoms. The summed E-state index contributed by atoms with van der Waals surface area (Å²) in [5.41, 5.74) is 3.47. The number of anilines is 2. The lowest BCUT2D eigenvalue weighted by molar-refractivity contribution is -0.120. The second-order valence-electron chi connectivity index (χ2n) is 12.0. The third-order valence-corrected chi connectivity index (χ3v) is 8.26. The standard InChI is InChI=1S/C31H37F2N7O/c1-21-5-6-22(28(15-21)38-13-11-37(20-34)12-14-38)17-39-10-9-35-30(39)36-29(41)26-19-40(31(2,3)4)18-25(26)24-8-7-23(32)16-27(24)33/h5-10,15-16,25-26H,11-14,17-19H2,1-4H3,(H,35,36,41)/t25-,26+/m0/s1. The summed E-state index contributed by atoms with van der Waals surface area (Å²) in [6.07, 6.45) is 5.72. The minimum absolute atomic E-state index is 0.219. The van der Waals surface area contributed by atoms with E-state index >= 15 is 0 Å². The third-order valence-electron chi connectivity index (χ3n) is 8.26. The van der Waals surface area contributed by atoms with Crippen molar-refractivity contribution in [3.05, 3.63) is 77.1 Å². The molecule has 1 aromatic heterocycles. The summed E-state index contributed by atoms with van der Waals surface area (Å²) in [5.74, 6) is -2.05. The molecule has 0 saturated carbocycles. The summed E-state index contributed by atoms with van der Waals surface area (Å²) >= 11 is 0. The van der Waals surface area contributed by atoms with E-state index in [1.165, 1.54) is 12.1 Å². The Kier molecular flexibility index (Phi) is 8.00. The van der Waals surface area contributed by atoms with Crippen LogP contribution in [0.2, 0.25) is 0 Å². The molecule has 2 fully saturated rings. The van der Waals surface area contributed by atoms with E-state index in [0.717, 1.165) is 36.0 Å². The Hall–Kier alpha value is -3.97. The number of halogens is 2. The first-order chi connectivity index (χ1) is 19.5. The Morgan fingerprint density at radius 2 is 1.85 bits per heavy atom. The number of carbonyl (C=O) groups excluding carboxylic acids is 1. The van der Waals surface area contributed by atoms with Crippen molar-refractivity contribution in [3.63, 3.8) is 0 Å². The molecule has 3 heterocycles. The largest absolute Gasteiger partial charge is 0.368 e. The highest BCUT2D eigenvalue weighted by Gasteiger charge is 2.43. The van der Waals surface area contributed by atoms with Gasteiger partial charge in [0.25, 0.3) is 0 Å². The van der Waals surface area contributed by atoms with Crippen LogP contribution in [0.25, 0.3) is 0 Å². The quantitative estimate of drug-likeness (QED) is 0.444. The lowest BCUT2D eigenvalue weighted by Gasteiger charge is -2.34. The average molecular weight is 562 g/mol. The predicted octanol–water partition coefficient (Wildman–Crippen LogP) is 4.57. The minimum Gasteiger partial charge on any atom is -0.368 e. The maximum atomic E-state index is 14.9. The molecule has 2 aliphatic rings. The fraction of sp³-hybridized carbons (Fsp3) is 0.452. The van der Waals surface area contributed by atoms with Gasteiger partial charge in [-0.2, -0.15) is 5.26 Å². The van der Waals surface area contributed by atoms with Gasteiger partial charge in [0.2, 0.25) is 11.9 Å². The van der Waals surface area contributed by atoms with Gasteiger partial charge in [-0.05, 0) is 56.5 Å². The molecule has 5 rings (SSSR count). The van der Waals surface area contributed by atoms with E-state index in [2.05, 4.69) is 72.2 Å². The molecule has 10 heteroatoms. The fourth-order valence-electron chi connectivity index (χ4n) is 5.83. The number of aromatic nitrogens is 2. The van der Waals surface area contributed by atoms with Gasteiger partial charge in [-0.15, -0.1) is 0 Å². The van der Waals surface area contributed by atoms with Crippen molar-refractivity contribution in [2.24, 2.45) is 5.92 Å². The molecule has 2 saturated heterocycles. The van der Waals surface area contributed by atoms with Gasteiger partial charge in [-0.1, -0.05) is 18.2 Å². The summed E-state index contributed by atoms with van der Waals surface area (Å²) in [4.78, 5) is 24.4. The van der Waals surface area contributed by atoms with E-state index < -0.39 is 23.5 Å². The lowest BCUT2D eigenvalue weighted by Crippen LogP contribution is -2.44. The Bertz CT molecular complexity index is 1450. The van der Waals surface area contributed by atoms with Gasteiger partial charge < -0.3 is 14.4 Å². The Morgan fingerprint density at radius 1 is 1.10 bits per heavy atom. The number of nitriles is 1. The lowest BCUT2D eigenvalue weighted by atomic mass is 9.88. The number of hydrogen-bond donors (Lipinski definition) is 1. The van der Waals surface area contributed by atoms with Crippen molar-refractivity contribution in [2.75, 3.05) is 49.5 Å². The van der Waals surface area contributed by atoms with Gasteiger partial charge in [0.05, 0.1) is 12.5 Å². The van der Waals surface area contributed by atoms with Gasteiger partial charge >= 0.3 is 0 Å². The van der Waals surface area contributed by atoms with Crippen LogP contribution in [0, 0.1) is 35.9 Å². The molecule has 0 radical (unpaired) electrons. The van der Waals surface area contributed by atoms with Gasteiger partial charge in [0, 0.05) is 74.9 Å². The number of nitrogens with zero attached hydrogens (tertiary/aromatic N) is 6. The van der Waals surface area contributed by atoms with Crippen LogP contribution in [0.5, 0.6) is 0 Å². The molecule has 2 aliphatic heterocycles. The van der Waals surface area contributed by atoms with E-state index in [4.69, 9.17) is 0 Å².